The molecule has 0 saturated carbocycles. The topological polar surface area (TPSA) is 0 Å². The molecule has 0 heterocycles. The van der Waals surface area contributed by atoms with Crippen molar-refractivity contribution < 1.29 is 0 Å². The maximum Gasteiger partial charge on any atom is 0.0255 e. The first kappa shape index (κ1) is 12.0. The van der Waals surface area contributed by atoms with Gasteiger partial charge in [0.05, 0.1) is 0 Å². The van der Waals surface area contributed by atoms with Crippen LogP contribution in [0, 0.1) is 0 Å². The molecule has 1 aliphatic carbocycles. The number of rotatable bonds is 3. The van der Waals surface area contributed by atoms with Crippen LogP contribution in [0.5, 0.6) is 0 Å². The van der Waals surface area contributed by atoms with Gasteiger partial charge in [-0.2, -0.15) is 0 Å². The Hall–Kier alpha value is -1.08. The Morgan fingerprint density at radius 2 is 1.44 bits per heavy atom. The van der Waals surface area contributed by atoms with Crippen molar-refractivity contribution in [2.45, 2.75) is 30.5 Å². The lowest BCUT2D eigenvalue weighted by molar-refractivity contribution is 0.687. The smallest absolute Gasteiger partial charge is 0.0255 e. The lowest BCUT2D eigenvalue weighted by Crippen LogP contribution is -2.11. The first-order valence-corrected chi connectivity index (χ1v) is 7.56. The lowest BCUT2D eigenvalue weighted by Gasteiger charge is -2.19. The third-order valence-corrected chi connectivity index (χ3v) is 4.79. The van der Waals surface area contributed by atoms with Crippen molar-refractivity contribution >= 4 is 15.9 Å². The molecule has 1 heteroatoms. The Morgan fingerprint density at radius 3 is 1.94 bits per heavy atom. The molecule has 0 N–H and O–H groups in total. The molecule has 1 unspecified atom stereocenters. The molecule has 0 nitrogen and oxygen atoms in total. The average Bonchev–Trinajstić information content (AvgIpc) is 2.73. The molecule has 92 valence electrons. The molecule has 3 rings (SSSR count). The van der Waals surface area contributed by atoms with Crippen LogP contribution in [-0.4, -0.2) is 4.83 Å². The van der Waals surface area contributed by atoms with Gasteiger partial charge in [-0.3, -0.25) is 0 Å². The fourth-order valence-corrected chi connectivity index (χ4v) is 4.05. The number of hydrogen-bond donors (Lipinski definition) is 0. The number of halogens is 1. The maximum atomic E-state index is 3.90. The zero-order chi connectivity index (χ0) is 12.5. The highest BCUT2D eigenvalue weighted by Gasteiger charge is 2.32. The van der Waals surface area contributed by atoms with Gasteiger partial charge in [0.15, 0.2) is 0 Å². The van der Waals surface area contributed by atoms with Crippen LogP contribution in [-0.2, 0) is 0 Å². The quantitative estimate of drug-likeness (QED) is 0.669. The Bertz CT molecular complexity index is 514. The van der Waals surface area contributed by atoms with Crippen molar-refractivity contribution in [1.29, 1.82) is 0 Å². The van der Waals surface area contributed by atoms with Gasteiger partial charge in [0.25, 0.3) is 0 Å². The fourth-order valence-electron chi connectivity index (χ4n) is 3.03. The van der Waals surface area contributed by atoms with E-state index in [1.165, 1.54) is 35.1 Å². The zero-order valence-corrected chi connectivity index (χ0v) is 12.2. The number of fused-ring (bicyclic) bond motifs is 3. The van der Waals surface area contributed by atoms with Crippen LogP contribution in [0.3, 0.4) is 0 Å². The van der Waals surface area contributed by atoms with Gasteiger partial charge >= 0.3 is 0 Å². The Balaban J connectivity index is 2.14. The molecule has 0 aliphatic heterocycles. The van der Waals surface area contributed by atoms with E-state index in [0.717, 1.165) is 0 Å². The van der Waals surface area contributed by atoms with Gasteiger partial charge in [-0.1, -0.05) is 77.8 Å². The molecule has 0 amide bonds. The molecule has 1 atom stereocenters. The van der Waals surface area contributed by atoms with Gasteiger partial charge in [-0.15, -0.1) is 0 Å². The van der Waals surface area contributed by atoms with Gasteiger partial charge in [-0.05, 0) is 28.7 Å². The van der Waals surface area contributed by atoms with Gasteiger partial charge in [-0.25, -0.2) is 0 Å². The molecule has 0 spiro atoms. The van der Waals surface area contributed by atoms with E-state index in [9.17, 15) is 0 Å². The molecule has 0 fully saturated rings. The summed E-state index contributed by atoms with van der Waals surface area (Å²) >= 11 is 3.90. The third kappa shape index (κ3) is 1.81. The molecule has 0 bridgehead atoms. The summed E-state index contributed by atoms with van der Waals surface area (Å²) < 4.78 is 0. The molecule has 0 radical (unpaired) electrons. The van der Waals surface area contributed by atoms with Crippen LogP contribution < -0.4 is 0 Å². The van der Waals surface area contributed by atoms with E-state index in [4.69, 9.17) is 0 Å². The summed E-state index contributed by atoms with van der Waals surface area (Å²) in [6.45, 7) is 2.25. The van der Waals surface area contributed by atoms with Crippen molar-refractivity contribution in [3.63, 3.8) is 0 Å². The van der Waals surface area contributed by atoms with E-state index in [-0.39, 0.29) is 0 Å². The summed E-state index contributed by atoms with van der Waals surface area (Å²) in [6.07, 6.45) is 2.43. The average molecular weight is 301 g/mol. The number of hydrogen-bond acceptors (Lipinski definition) is 0. The van der Waals surface area contributed by atoms with Crippen molar-refractivity contribution in [2.24, 2.45) is 0 Å². The number of alkyl halides is 1. The van der Waals surface area contributed by atoms with Gasteiger partial charge in [0.2, 0.25) is 0 Å². The minimum atomic E-state index is 0.511. The standard InChI is InChI=1S/C17H17Br/c1-2-7-16(18)17-14-10-5-3-8-12(14)13-9-4-6-11-15(13)17/h3-6,8-11,16-17H,2,7H2,1H3. The van der Waals surface area contributed by atoms with Crippen LogP contribution in [0.15, 0.2) is 48.5 Å². The minimum absolute atomic E-state index is 0.511. The van der Waals surface area contributed by atoms with E-state index >= 15 is 0 Å². The first-order chi connectivity index (χ1) is 8.83. The van der Waals surface area contributed by atoms with Gasteiger partial charge in [0, 0.05) is 10.7 Å². The van der Waals surface area contributed by atoms with E-state index in [0.29, 0.717) is 10.7 Å². The Morgan fingerprint density at radius 1 is 0.944 bits per heavy atom. The molecule has 18 heavy (non-hydrogen) atoms. The molecule has 0 saturated heterocycles. The van der Waals surface area contributed by atoms with Crippen LogP contribution in [0.1, 0.15) is 36.8 Å². The summed E-state index contributed by atoms with van der Waals surface area (Å²) in [4.78, 5) is 0.535. The highest BCUT2D eigenvalue weighted by atomic mass is 79.9. The van der Waals surface area contributed by atoms with Crippen LogP contribution in [0.25, 0.3) is 11.1 Å². The second-order valence-corrected chi connectivity index (χ2v) is 6.13. The summed E-state index contributed by atoms with van der Waals surface area (Å²) in [5, 5.41) is 0. The number of benzene rings is 2. The Kier molecular flexibility index (Phi) is 3.25. The first-order valence-electron chi connectivity index (χ1n) is 6.65. The van der Waals surface area contributed by atoms with Crippen LogP contribution >= 0.6 is 15.9 Å². The maximum absolute atomic E-state index is 3.90. The highest BCUT2D eigenvalue weighted by molar-refractivity contribution is 9.09. The molecular weight excluding hydrogens is 284 g/mol. The fraction of sp³-hybridized carbons (Fsp3) is 0.294. The molecular formula is C17H17Br. The monoisotopic (exact) mass is 300 g/mol. The second-order valence-electron chi connectivity index (χ2n) is 4.96. The summed E-state index contributed by atoms with van der Waals surface area (Å²) in [6, 6.07) is 17.7. The van der Waals surface area contributed by atoms with Crippen LogP contribution in [0.4, 0.5) is 0 Å². The summed E-state index contributed by atoms with van der Waals surface area (Å²) in [5.74, 6) is 0.511. The predicted octanol–water partition coefficient (Wildman–Crippen LogP) is 5.36. The third-order valence-electron chi connectivity index (χ3n) is 3.81. The molecule has 0 aromatic heterocycles. The van der Waals surface area contributed by atoms with Crippen molar-refractivity contribution in [2.75, 3.05) is 0 Å². The minimum Gasteiger partial charge on any atom is -0.0880 e. The van der Waals surface area contributed by atoms with Crippen molar-refractivity contribution in [3.05, 3.63) is 59.7 Å². The van der Waals surface area contributed by atoms with E-state index < -0.39 is 0 Å². The largest absolute Gasteiger partial charge is 0.0880 e. The molecule has 2 aromatic carbocycles. The second kappa shape index (κ2) is 4.89. The van der Waals surface area contributed by atoms with Gasteiger partial charge in [0.1, 0.15) is 0 Å². The predicted molar refractivity (Wildman–Crippen MR) is 81.3 cm³/mol. The summed E-state index contributed by atoms with van der Waals surface area (Å²) in [7, 11) is 0. The highest BCUT2D eigenvalue weighted by Crippen LogP contribution is 2.48. The molecule has 2 aromatic rings. The zero-order valence-electron chi connectivity index (χ0n) is 10.6. The lowest BCUT2D eigenvalue weighted by atomic mass is 9.91. The van der Waals surface area contributed by atoms with Crippen molar-refractivity contribution in [3.8, 4) is 11.1 Å². The summed E-state index contributed by atoms with van der Waals surface area (Å²) in [5.41, 5.74) is 5.79. The van der Waals surface area contributed by atoms with Gasteiger partial charge < -0.3 is 0 Å². The normalized spacial score (nSPS) is 15.2. The molecule has 1 aliphatic rings. The van der Waals surface area contributed by atoms with E-state index in [2.05, 4.69) is 71.4 Å². The SMILES string of the molecule is CCCC(Br)C1c2ccccc2-c2ccccc21. The van der Waals surface area contributed by atoms with Crippen LogP contribution in [0.2, 0.25) is 0 Å². The van der Waals surface area contributed by atoms with E-state index in [1.54, 1.807) is 0 Å². The van der Waals surface area contributed by atoms with E-state index in [1.807, 2.05) is 0 Å². The Labute approximate surface area is 117 Å². The van der Waals surface area contributed by atoms with Crippen molar-refractivity contribution in [1.82, 2.24) is 0 Å².